The fraction of sp³-hybridized carbons (Fsp3) is 0.462. The number of aliphatic hydroxyl groups excluding tert-OH is 1. The quantitative estimate of drug-likeness (QED) is 0.515. The number of carbonyl (C=O) groups is 1. The zero-order valence-electron chi connectivity index (χ0n) is 12.2. The Morgan fingerprint density at radius 2 is 2.05 bits per heavy atom. The number of rotatable bonds is 6. The van der Waals surface area contributed by atoms with E-state index in [1.165, 1.54) is 18.2 Å². The molecule has 118 valence electrons. The molecule has 0 aliphatic carbocycles. The number of aliphatic hydroxyl groups is 1. The molecule has 7 nitrogen and oxygen atoms in total. The van der Waals surface area contributed by atoms with Gasteiger partial charge in [0.25, 0.3) is 0 Å². The van der Waals surface area contributed by atoms with Gasteiger partial charge in [0.15, 0.2) is 0 Å². The predicted molar refractivity (Wildman–Crippen MR) is 78.2 cm³/mol. The molecule has 1 aromatic carbocycles. The van der Waals surface area contributed by atoms with Crippen molar-refractivity contribution in [3.8, 4) is 0 Å². The summed E-state index contributed by atoms with van der Waals surface area (Å²) in [6, 6.07) is 3.88. The van der Waals surface area contributed by atoms with Gasteiger partial charge in [-0.2, -0.15) is 0 Å². The van der Waals surface area contributed by atoms with Gasteiger partial charge in [-0.15, -0.1) is 0 Å². The molecule has 0 aliphatic heterocycles. The second kappa shape index (κ2) is 6.42. The number of carbonyl (C=O) groups excluding carboxylic acids is 1. The predicted octanol–water partition coefficient (Wildman–Crippen LogP) is 0.352. The molecule has 0 aliphatic rings. The number of anilines is 1. The highest BCUT2D eigenvalue weighted by molar-refractivity contribution is 7.89. The van der Waals surface area contributed by atoms with Crippen LogP contribution in [-0.4, -0.2) is 39.8 Å². The van der Waals surface area contributed by atoms with E-state index in [9.17, 15) is 13.2 Å². The van der Waals surface area contributed by atoms with Crippen LogP contribution in [0.25, 0.3) is 0 Å². The van der Waals surface area contributed by atoms with Gasteiger partial charge in [0.05, 0.1) is 17.6 Å². The van der Waals surface area contributed by atoms with Gasteiger partial charge in [-0.25, -0.2) is 17.9 Å². The van der Waals surface area contributed by atoms with Crippen LogP contribution in [0.1, 0.15) is 24.2 Å². The van der Waals surface area contributed by atoms with Gasteiger partial charge in [-0.3, -0.25) is 0 Å². The summed E-state index contributed by atoms with van der Waals surface area (Å²) < 4.78 is 31.5. The third-order valence-corrected chi connectivity index (χ3v) is 4.33. The maximum absolute atomic E-state index is 12.3. The third-order valence-electron chi connectivity index (χ3n) is 2.87. The number of esters is 1. The van der Waals surface area contributed by atoms with Gasteiger partial charge in [0.1, 0.15) is 0 Å². The van der Waals surface area contributed by atoms with Crippen molar-refractivity contribution in [1.29, 1.82) is 0 Å². The summed E-state index contributed by atoms with van der Waals surface area (Å²) >= 11 is 0. The Morgan fingerprint density at radius 1 is 1.43 bits per heavy atom. The lowest BCUT2D eigenvalue weighted by molar-refractivity contribution is 0.0596. The van der Waals surface area contributed by atoms with Crippen molar-refractivity contribution in [1.82, 2.24) is 4.72 Å². The average Bonchev–Trinajstić information content (AvgIpc) is 2.44. The second-order valence-corrected chi connectivity index (χ2v) is 7.13. The molecule has 0 saturated heterocycles. The molecule has 21 heavy (non-hydrogen) atoms. The number of benzene rings is 1. The van der Waals surface area contributed by atoms with Crippen LogP contribution in [0.2, 0.25) is 0 Å². The second-order valence-electron chi connectivity index (χ2n) is 5.39. The van der Waals surface area contributed by atoms with E-state index in [1.807, 2.05) is 0 Å². The minimum atomic E-state index is -3.92. The van der Waals surface area contributed by atoms with Crippen LogP contribution in [0.5, 0.6) is 0 Å². The van der Waals surface area contributed by atoms with Gasteiger partial charge in [0.2, 0.25) is 10.0 Å². The molecular weight excluding hydrogens is 296 g/mol. The Labute approximate surface area is 124 Å². The lowest BCUT2D eigenvalue weighted by Crippen LogP contribution is -2.36. The zero-order chi connectivity index (χ0) is 16.3. The normalized spacial score (nSPS) is 12.2. The fourth-order valence-electron chi connectivity index (χ4n) is 1.48. The van der Waals surface area contributed by atoms with Gasteiger partial charge in [-0.1, -0.05) is 13.8 Å². The molecule has 1 aromatic rings. The first-order valence-electron chi connectivity index (χ1n) is 6.21. The van der Waals surface area contributed by atoms with E-state index >= 15 is 0 Å². The number of hydrogen-bond acceptors (Lipinski definition) is 6. The summed E-state index contributed by atoms with van der Waals surface area (Å²) in [7, 11) is -2.77. The average molecular weight is 316 g/mol. The highest BCUT2D eigenvalue weighted by Crippen LogP contribution is 2.21. The molecule has 1 rings (SSSR count). The largest absolute Gasteiger partial charge is 0.465 e. The fourth-order valence-corrected chi connectivity index (χ4v) is 2.89. The molecule has 0 bridgehead atoms. The van der Waals surface area contributed by atoms with Crippen LogP contribution in [-0.2, 0) is 14.8 Å². The van der Waals surface area contributed by atoms with Crippen molar-refractivity contribution < 1.29 is 23.1 Å². The monoisotopic (exact) mass is 316 g/mol. The maximum Gasteiger partial charge on any atom is 0.339 e. The zero-order valence-corrected chi connectivity index (χ0v) is 13.0. The Hall–Kier alpha value is -1.64. The minimum absolute atomic E-state index is 0.0246. The molecule has 0 spiro atoms. The van der Waals surface area contributed by atoms with E-state index in [4.69, 9.17) is 10.8 Å². The van der Waals surface area contributed by atoms with Crippen LogP contribution >= 0.6 is 0 Å². The Bertz CT molecular complexity index is 625. The summed E-state index contributed by atoms with van der Waals surface area (Å²) in [6.45, 7) is 3.26. The first-order chi connectivity index (χ1) is 9.63. The number of methoxy groups -OCH3 is 1. The van der Waals surface area contributed by atoms with Gasteiger partial charge < -0.3 is 15.6 Å². The molecule has 0 aromatic heterocycles. The topological polar surface area (TPSA) is 119 Å². The van der Waals surface area contributed by atoms with E-state index in [2.05, 4.69) is 9.46 Å². The first-order valence-corrected chi connectivity index (χ1v) is 7.69. The van der Waals surface area contributed by atoms with Crippen LogP contribution in [0.15, 0.2) is 23.1 Å². The molecule has 0 amide bonds. The smallest absolute Gasteiger partial charge is 0.339 e. The number of sulfonamides is 1. The number of nitrogens with one attached hydrogen (secondary N) is 1. The molecular formula is C13H20N2O5S. The summed E-state index contributed by atoms with van der Waals surface area (Å²) in [5.41, 5.74) is 5.08. The van der Waals surface area contributed by atoms with Crippen molar-refractivity contribution in [2.75, 3.05) is 26.0 Å². The van der Waals surface area contributed by atoms with Crippen molar-refractivity contribution in [3.63, 3.8) is 0 Å². The molecule has 0 unspecified atom stereocenters. The molecule has 0 saturated carbocycles. The molecule has 8 heteroatoms. The maximum atomic E-state index is 12.3. The summed E-state index contributed by atoms with van der Waals surface area (Å²) in [6.07, 6.45) is 0. The third kappa shape index (κ3) is 4.42. The summed E-state index contributed by atoms with van der Waals surface area (Å²) in [5.74, 6) is -0.788. The van der Waals surface area contributed by atoms with Crippen molar-refractivity contribution in [2.45, 2.75) is 18.7 Å². The minimum Gasteiger partial charge on any atom is -0.465 e. The lowest BCUT2D eigenvalue weighted by Gasteiger charge is -2.22. The van der Waals surface area contributed by atoms with E-state index in [1.54, 1.807) is 13.8 Å². The highest BCUT2D eigenvalue weighted by atomic mass is 32.2. The molecule has 0 heterocycles. The molecule has 0 fully saturated rings. The van der Waals surface area contributed by atoms with Crippen LogP contribution in [0.4, 0.5) is 5.69 Å². The number of hydrogen-bond donors (Lipinski definition) is 3. The molecule has 0 radical (unpaired) electrons. The lowest BCUT2D eigenvalue weighted by atomic mass is 9.96. The highest BCUT2D eigenvalue weighted by Gasteiger charge is 2.26. The standard InChI is InChI=1S/C13H20N2O5S/c1-13(2,8-16)7-15-21(18,19)11-5-4-9(14)6-10(11)12(17)20-3/h4-6,15-16H,7-8,14H2,1-3H3. The molecule has 4 N–H and O–H groups in total. The van der Waals surface area contributed by atoms with Crippen LogP contribution in [0.3, 0.4) is 0 Å². The van der Waals surface area contributed by atoms with Gasteiger partial charge in [0, 0.05) is 24.3 Å². The first kappa shape index (κ1) is 17.4. The van der Waals surface area contributed by atoms with Crippen LogP contribution in [0, 0.1) is 5.41 Å². The number of nitrogens with two attached hydrogens (primary N) is 1. The number of ether oxygens (including phenoxy) is 1. The SMILES string of the molecule is COC(=O)c1cc(N)ccc1S(=O)(=O)NCC(C)(C)CO. The van der Waals surface area contributed by atoms with E-state index in [-0.39, 0.29) is 29.3 Å². The Balaban J connectivity index is 3.17. The van der Waals surface area contributed by atoms with Gasteiger partial charge in [-0.05, 0) is 18.2 Å². The Kier molecular flexibility index (Phi) is 5.32. The summed E-state index contributed by atoms with van der Waals surface area (Å²) in [5, 5.41) is 9.15. The van der Waals surface area contributed by atoms with Crippen molar-refractivity contribution >= 4 is 21.7 Å². The van der Waals surface area contributed by atoms with Crippen molar-refractivity contribution in [2.24, 2.45) is 5.41 Å². The van der Waals surface area contributed by atoms with Gasteiger partial charge >= 0.3 is 5.97 Å². The van der Waals surface area contributed by atoms with Crippen LogP contribution < -0.4 is 10.5 Å². The number of nitrogen functional groups attached to an aromatic ring is 1. The van der Waals surface area contributed by atoms with E-state index in [0.29, 0.717) is 0 Å². The Morgan fingerprint density at radius 3 is 2.57 bits per heavy atom. The van der Waals surface area contributed by atoms with Crippen molar-refractivity contribution in [3.05, 3.63) is 23.8 Å². The molecule has 0 atom stereocenters. The van der Waals surface area contributed by atoms with E-state index in [0.717, 1.165) is 7.11 Å². The summed E-state index contributed by atoms with van der Waals surface area (Å²) in [4.78, 5) is 11.5. The van der Waals surface area contributed by atoms with E-state index < -0.39 is 21.4 Å².